The number of rotatable bonds is 6. The summed E-state index contributed by atoms with van der Waals surface area (Å²) in [5.74, 6) is -1.72. The van der Waals surface area contributed by atoms with E-state index in [1.165, 1.54) is 25.4 Å². The second kappa shape index (κ2) is 7.02. The number of hydrogen-bond donors (Lipinski definition) is 2. The van der Waals surface area contributed by atoms with Gasteiger partial charge in [-0.25, -0.2) is 5.48 Å². The van der Waals surface area contributed by atoms with Crippen LogP contribution in [-0.4, -0.2) is 22.2 Å². The van der Waals surface area contributed by atoms with Crippen LogP contribution in [0.3, 0.4) is 0 Å². The number of hydroxylamine groups is 1. The number of nitrogens with one attached hydrogen (secondary N) is 1. The summed E-state index contributed by atoms with van der Waals surface area (Å²) in [6.45, 7) is 1.35. The Bertz CT molecular complexity index is 688. The van der Waals surface area contributed by atoms with Crippen LogP contribution in [0.25, 0.3) is 0 Å². The van der Waals surface area contributed by atoms with Crippen LogP contribution in [0.2, 0.25) is 0 Å². The molecule has 0 aliphatic carbocycles. The summed E-state index contributed by atoms with van der Waals surface area (Å²) < 4.78 is 44.5. The van der Waals surface area contributed by atoms with Crippen molar-refractivity contribution < 1.29 is 32.3 Å². The number of amides is 1. The van der Waals surface area contributed by atoms with E-state index in [1.807, 2.05) is 5.48 Å². The lowest BCUT2D eigenvalue weighted by atomic mass is 9.95. The molecule has 0 saturated heterocycles. The Morgan fingerprint density at radius 3 is 2.67 bits per heavy atom. The Labute approximate surface area is 135 Å². The molecule has 2 aromatic rings. The molecule has 9 heteroatoms. The monoisotopic (exact) mass is 344 g/mol. The molecular formula is C15H15F3N2O4. The first-order valence-electron chi connectivity index (χ1n) is 6.88. The van der Waals surface area contributed by atoms with E-state index in [-0.39, 0.29) is 12.4 Å². The number of pyridine rings is 1. The maximum absolute atomic E-state index is 13.2. The highest BCUT2D eigenvalue weighted by Gasteiger charge is 2.58. The van der Waals surface area contributed by atoms with Crippen molar-refractivity contribution in [2.75, 3.05) is 0 Å². The van der Waals surface area contributed by atoms with Crippen LogP contribution >= 0.6 is 0 Å². The topological polar surface area (TPSA) is 84.6 Å². The fourth-order valence-electron chi connectivity index (χ4n) is 1.94. The molecule has 0 radical (unpaired) electrons. The van der Waals surface area contributed by atoms with Gasteiger partial charge in [0.1, 0.15) is 18.1 Å². The van der Waals surface area contributed by atoms with Gasteiger partial charge in [-0.2, -0.15) is 13.2 Å². The van der Waals surface area contributed by atoms with Crippen LogP contribution < -0.4 is 5.48 Å². The molecule has 2 rings (SSSR count). The van der Waals surface area contributed by atoms with Gasteiger partial charge in [-0.05, 0) is 30.7 Å². The molecule has 2 heterocycles. The average molecular weight is 344 g/mol. The Hall–Kier alpha value is -2.39. The van der Waals surface area contributed by atoms with Gasteiger partial charge in [0.2, 0.25) is 11.5 Å². The number of alkyl halides is 3. The van der Waals surface area contributed by atoms with E-state index in [4.69, 9.17) is 9.25 Å². The van der Waals surface area contributed by atoms with Crippen LogP contribution in [0.4, 0.5) is 13.2 Å². The molecule has 0 spiro atoms. The smallest absolute Gasteiger partial charge is 0.425 e. The van der Waals surface area contributed by atoms with Gasteiger partial charge < -0.3 is 9.52 Å². The Kier molecular flexibility index (Phi) is 5.25. The molecule has 0 bridgehead atoms. The van der Waals surface area contributed by atoms with Crippen molar-refractivity contribution in [1.29, 1.82) is 0 Å². The first-order chi connectivity index (χ1) is 11.2. The average Bonchev–Trinajstić information content (AvgIpc) is 2.94. The van der Waals surface area contributed by atoms with Crippen LogP contribution in [0, 0.1) is 6.92 Å². The van der Waals surface area contributed by atoms with Gasteiger partial charge in [0.25, 0.3) is 0 Å². The molecule has 0 aromatic carbocycles. The number of aliphatic hydroxyl groups is 1. The zero-order chi connectivity index (χ0) is 17.8. The molecule has 2 aromatic heterocycles. The second-order valence-electron chi connectivity index (χ2n) is 5.12. The van der Waals surface area contributed by atoms with Crippen LogP contribution in [0.15, 0.2) is 41.1 Å². The number of aromatic nitrogens is 1. The summed E-state index contributed by atoms with van der Waals surface area (Å²) in [5.41, 5.74) is -0.958. The first kappa shape index (κ1) is 18.0. The predicted octanol–water partition coefficient (Wildman–Crippen LogP) is 2.37. The number of hydrogen-bond acceptors (Lipinski definition) is 5. The van der Waals surface area contributed by atoms with Gasteiger partial charge in [0, 0.05) is 12.4 Å². The molecule has 0 aliphatic heterocycles. The molecule has 1 atom stereocenters. The van der Waals surface area contributed by atoms with E-state index >= 15 is 0 Å². The quantitative estimate of drug-likeness (QED) is 0.786. The molecular weight excluding hydrogens is 329 g/mol. The molecule has 2 N–H and O–H groups in total. The summed E-state index contributed by atoms with van der Waals surface area (Å²) in [6.07, 6.45) is -3.38. The van der Waals surface area contributed by atoms with Crippen LogP contribution in [0.1, 0.15) is 23.5 Å². The lowest BCUT2D eigenvalue weighted by Crippen LogP contribution is -2.46. The summed E-state index contributed by atoms with van der Waals surface area (Å²) in [6, 6.07) is 5.55. The fraction of sp³-hybridized carbons (Fsp3) is 0.333. The Morgan fingerprint density at radius 1 is 1.38 bits per heavy atom. The van der Waals surface area contributed by atoms with Crippen molar-refractivity contribution in [2.45, 2.75) is 31.7 Å². The third-order valence-electron chi connectivity index (χ3n) is 3.18. The second-order valence-corrected chi connectivity index (χ2v) is 5.12. The molecule has 0 saturated carbocycles. The maximum atomic E-state index is 13.2. The van der Waals surface area contributed by atoms with E-state index in [9.17, 15) is 23.1 Å². The number of halogens is 3. The van der Waals surface area contributed by atoms with E-state index in [1.54, 1.807) is 12.1 Å². The van der Waals surface area contributed by atoms with E-state index in [0.717, 1.165) is 6.07 Å². The van der Waals surface area contributed by atoms with E-state index < -0.39 is 29.9 Å². The summed E-state index contributed by atoms with van der Waals surface area (Å²) >= 11 is 0. The number of carbonyl (C=O) groups is 1. The summed E-state index contributed by atoms with van der Waals surface area (Å²) in [4.78, 5) is 20.4. The van der Waals surface area contributed by atoms with Gasteiger partial charge in [-0.15, -0.1) is 0 Å². The summed E-state index contributed by atoms with van der Waals surface area (Å²) in [5, 5.41) is 9.97. The third kappa shape index (κ3) is 4.12. The van der Waals surface area contributed by atoms with E-state index in [0.29, 0.717) is 5.56 Å². The fourth-order valence-corrected chi connectivity index (χ4v) is 1.94. The van der Waals surface area contributed by atoms with Crippen LogP contribution in [-0.2, 0) is 21.8 Å². The number of carbonyl (C=O) groups excluding carboxylic acids is 1. The number of furan rings is 1. The molecule has 24 heavy (non-hydrogen) atoms. The van der Waals surface area contributed by atoms with Crippen molar-refractivity contribution in [1.82, 2.24) is 10.5 Å². The van der Waals surface area contributed by atoms with Gasteiger partial charge in [-0.1, -0.05) is 6.07 Å². The molecule has 6 nitrogen and oxygen atoms in total. The van der Waals surface area contributed by atoms with Gasteiger partial charge >= 0.3 is 6.18 Å². The zero-order valence-corrected chi connectivity index (χ0v) is 12.6. The zero-order valence-electron chi connectivity index (χ0n) is 12.6. The van der Waals surface area contributed by atoms with Crippen molar-refractivity contribution in [3.05, 3.63) is 53.7 Å². The Balaban J connectivity index is 2.00. The Morgan fingerprint density at radius 2 is 2.12 bits per heavy atom. The maximum Gasteiger partial charge on any atom is 0.425 e. The normalized spacial score (nSPS) is 14.2. The molecule has 0 fully saturated rings. The van der Waals surface area contributed by atoms with Gasteiger partial charge in [-0.3, -0.25) is 14.6 Å². The van der Waals surface area contributed by atoms with Crippen molar-refractivity contribution in [2.24, 2.45) is 0 Å². The molecule has 1 unspecified atom stereocenters. The first-order valence-corrected chi connectivity index (χ1v) is 6.88. The van der Waals surface area contributed by atoms with Crippen molar-refractivity contribution in [3.63, 3.8) is 0 Å². The standard InChI is InChI=1S/C15H15F3N2O4/c1-10-4-5-12(24-10)14(22,15(16,17)18)7-13(21)20-23-9-11-3-2-6-19-8-11/h2-6,8,22H,7,9H2,1H3,(H,20,21). The van der Waals surface area contributed by atoms with Crippen molar-refractivity contribution in [3.8, 4) is 0 Å². The van der Waals surface area contributed by atoms with Gasteiger partial charge in [0.05, 0.1) is 6.42 Å². The largest absolute Gasteiger partial charge is 0.463 e. The number of nitrogens with zero attached hydrogens (tertiary/aromatic N) is 1. The predicted molar refractivity (Wildman–Crippen MR) is 75.2 cm³/mol. The summed E-state index contributed by atoms with van der Waals surface area (Å²) in [7, 11) is 0. The minimum absolute atomic E-state index is 0.0795. The lowest BCUT2D eigenvalue weighted by Gasteiger charge is -2.27. The number of aryl methyl sites for hydroxylation is 1. The SMILES string of the molecule is Cc1ccc(C(O)(CC(=O)NOCc2cccnc2)C(F)(F)F)o1. The molecule has 1 amide bonds. The highest BCUT2D eigenvalue weighted by atomic mass is 19.4. The van der Waals surface area contributed by atoms with E-state index in [2.05, 4.69) is 4.98 Å². The highest BCUT2D eigenvalue weighted by molar-refractivity contribution is 5.76. The van der Waals surface area contributed by atoms with Crippen molar-refractivity contribution >= 4 is 5.91 Å². The third-order valence-corrected chi connectivity index (χ3v) is 3.18. The lowest BCUT2D eigenvalue weighted by molar-refractivity contribution is -0.274. The van der Waals surface area contributed by atoms with Gasteiger partial charge in [0.15, 0.2) is 0 Å². The minimum Gasteiger partial charge on any atom is -0.463 e. The minimum atomic E-state index is -5.10. The molecule has 0 aliphatic rings. The van der Waals surface area contributed by atoms with Crippen LogP contribution in [0.5, 0.6) is 0 Å². The molecule has 130 valence electrons. The highest BCUT2D eigenvalue weighted by Crippen LogP contribution is 2.42.